The van der Waals surface area contributed by atoms with Crippen LogP contribution in [0.3, 0.4) is 0 Å². The summed E-state index contributed by atoms with van der Waals surface area (Å²) in [5.74, 6) is 0.536. The van der Waals surface area contributed by atoms with Crippen LogP contribution in [0.2, 0.25) is 5.02 Å². The maximum absolute atomic E-state index is 10.5. The fourth-order valence-corrected chi connectivity index (χ4v) is 2.75. The van der Waals surface area contributed by atoms with Crippen LogP contribution in [0.15, 0.2) is 47.0 Å². The highest BCUT2D eigenvalue weighted by Crippen LogP contribution is 2.31. The van der Waals surface area contributed by atoms with Gasteiger partial charge in [0.05, 0.1) is 17.7 Å². The number of nitrogens with zero attached hydrogens (tertiary/aromatic N) is 2. The number of halogens is 1. The van der Waals surface area contributed by atoms with Crippen molar-refractivity contribution in [2.24, 2.45) is 0 Å². The molecule has 2 aromatic carbocycles. The summed E-state index contributed by atoms with van der Waals surface area (Å²) in [6.07, 6.45) is 0.0300. The summed E-state index contributed by atoms with van der Waals surface area (Å²) in [4.78, 5) is 15.0. The largest absolute Gasteiger partial charge is 0.489 e. The zero-order valence-corrected chi connectivity index (χ0v) is 16.2. The molecule has 0 radical (unpaired) electrons. The number of aliphatic carboxylic acids is 1. The second kappa shape index (κ2) is 8.86. The lowest BCUT2D eigenvalue weighted by Crippen LogP contribution is -2.21. The van der Waals surface area contributed by atoms with E-state index in [9.17, 15) is 4.79 Å². The number of benzene rings is 2. The van der Waals surface area contributed by atoms with Gasteiger partial charge in [0.1, 0.15) is 5.75 Å². The fraction of sp³-hybridized carbons (Fsp3) is 0.250. The quantitative estimate of drug-likeness (QED) is 0.588. The van der Waals surface area contributed by atoms with Crippen molar-refractivity contribution in [3.8, 4) is 28.6 Å². The Morgan fingerprint density at radius 1 is 1.21 bits per heavy atom. The molecule has 0 fully saturated rings. The number of aromatic nitrogens is 2. The van der Waals surface area contributed by atoms with Crippen LogP contribution < -0.4 is 10.1 Å². The van der Waals surface area contributed by atoms with Crippen molar-refractivity contribution in [2.75, 3.05) is 6.54 Å². The van der Waals surface area contributed by atoms with Gasteiger partial charge in [-0.2, -0.15) is 4.98 Å². The summed E-state index contributed by atoms with van der Waals surface area (Å²) < 4.78 is 11.0. The average Bonchev–Trinajstić information content (AvgIpc) is 3.13. The third kappa shape index (κ3) is 5.09. The molecule has 0 saturated heterocycles. The van der Waals surface area contributed by atoms with Crippen molar-refractivity contribution in [3.63, 3.8) is 0 Å². The van der Waals surface area contributed by atoms with Gasteiger partial charge < -0.3 is 19.7 Å². The van der Waals surface area contributed by atoms with E-state index in [1.807, 2.05) is 44.2 Å². The summed E-state index contributed by atoms with van der Waals surface area (Å²) in [6.45, 7) is 4.25. The first kappa shape index (κ1) is 19.9. The minimum Gasteiger partial charge on any atom is -0.489 e. The predicted octanol–water partition coefficient (Wildman–Crippen LogP) is 4.02. The van der Waals surface area contributed by atoms with E-state index >= 15 is 0 Å². The molecule has 1 heterocycles. The van der Waals surface area contributed by atoms with Crippen LogP contribution in [-0.4, -0.2) is 33.9 Å². The molecule has 2 N–H and O–H groups in total. The second-order valence-corrected chi connectivity index (χ2v) is 6.84. The van der Waals surface area contributed by atoms with Crippen molar-refractivity contribution in [3.05, 3.63) is 53.1 Å². The molecule has 0 aliphatic rings. The molecular formula is C20H20ClN3O4. The molecule has 0 aliphatic heterocycles. The third-order valence-electron chi connectivity index (χ3n) is 3.79. The number of carbonyl (C=O) groups is 1. The molecule has 8 heteroatoms. The summed E-state index contributed by atoms with van der Waals surface area (Å²) in [5.41, 5.74) is 2.45. The molecule has 0 aliphatic carbocycles. The minimum absolute atomic E-state index is 0.0300. The average molecular weight is 402 g/mol. The van der Waals surface area contributed by atoms with Gasteiger partial charge in [-0.25, -0.2) is 0 Å². The molecule has 7 nitrogen and oxygen atoms in total. The van der Waals surface area contributed by atoms with Crippen LogP contribution in [0, 0.1) is 0 Å². The molecule has 28 heavy (non-hydrogen) atoms. The number of nitrogens with one attached hydrogen (secondary N) is 1. The number of carboxylic acid groups (broad SMARTS) is 1. The van der Waals surface area contributed by atoms with Gasteiger partial charge in [0, 0.05) is 17.7 Å². The maximum Gasteiger partial charge on any atom is 0.317 e. The number of carboxylic acids is 1. The Kier molecular flexibility index (Phi) is 6.28. The van der Waals surface area contributed by atoms with E-state index in [2.05, 4.69) is 15.5 Å². The van der Waals surface area contributed by atoms with Gasteiger partial charge in [0.2, 0.25) is 5.82 Å². The van der Waals surface area contributed by atoms with E-state index in [0.29, 0.717) is 29.0 Å². The smallest absolute Gasteiger partial charge is 0.317 e. The third-order valence-corrected chi connectivity index (χ3v) is 4.08. The van der Waals surface area contributed by atoms with Crippen LogP contribution in [0.5, 0.6) is 5.75 Å². The van der Waals surface area contributed by atoms with Crippen molar-refractivity contribution >= 4 is 17.6 Å². The molecule has 146 valence electrons. The van der Waals surface area contributed by atoms with Crippen LogP contribution in [0.4, 0.5) is 0 Å². The number of rotatable bonds is 8. The summed E-state index contributed by atoms with van der Waals surface area (Å²) >= 11 is 6.27. The Labute approximate surface area is 167 Å². The monoisotopic (exact) mass is 401 g/mol. The predicted molar refractivity (Wildman–Crippen MR) is 105 cm³/mol. The Morgan fingerprint density at radius 2 is 1.93 bits per heavy atom. The molecule has 0 amide bonds. The minimum atomic E-state index is -0.890. The molecule has 0 bridgehead atoms. The number of ether oxygens (including phenoxy) is 1. The summed E-state index contributed by atoms with van der Waals surface area (Å²) in [5, 5.41) is 16.0. The van der Waals surface area contributed by atoms with Gasteiger partial charge in [-0.1, -0.05) is 28.9 Å². The van der Waals surface area contributed by atoms with E-state index in [0.717, 1.165) is 16.7 Å². The molecular weight excluding hydrogens is 382 g/mol. The van der Waals surface area contributed by atoms with Crippen LogP contribution in [-0.2, 0) is 11.3 Å². The van der Waals surface area contributed by atoms with Crippen molar-refractivity contribution < 1.29 is 19.2 Å². The zero-order valence-electron chi connectivity index (χ0n) is 15.5. The Balaban J connectivity index is 1.71. The maximum atomic E-state index is 10.5. The van der Waals surface area contributed by atoms with Gasteiger partial charge >= 0.3 is 5.97 Å². The lowest BCUT2D eigenvalue weighted by atomic mass is 10.1. The summed E-state index contributed by atoms with van der Waals surface area (Å²) in [6, 6.07) is 12.8. The molecule has 3 rings (SSSR count). The first-order chi connectivity index (χ1) is 13.4. The molecule has 3 aromatic rings. The van der Waals surface area contributed by atoms with E-state index in [1.54, 1.807) is 12.1 Å². The van der Waals surface area contributed by atoms with E-state index < -0.39 is 5.97 Å². The van der Waals surface area contributed by atoms with Crippen LogP contribution in [0.1, 0.15) is 19.4 Å². The highest BCUT2D eigenvalue weighted by Gasteiger charge is 2.13. The van der Waals surface area contributed by atoms with Gasteiger partial charge in [-0.05, 0) is 49.7 Å². The Hall–Kier alpha value is -2.90. The zero-order chi connectivity index (χ0) is 20.1. The van der Waals surface area contributed by atoms with Crippen molar-refractivity contribution in [1.82, 2.24) is 15.5 Å². The lowest BCUT2D eigenvalue weighted by molar-refractivity contribution is -0.135. The topological polar surface area (TPSA) is 97.5 Å². The number of hydrogen-bond acceptors (Lipinski definition) is 6. The molecule has 0 atom stereocenters. The Morgan fingerprint density at radius 3 is 2.57 bits per heavy atom. The highest BCUT2D eigenvalue weighted by molar-refractivity contribution is 6.32. The van der Waals surface area contributed by atoms with Gasteiger partial charge in [0.15, 0.2) is 0 Å². The van der Waals surface area contributed by atoms with Gasteiger partial charge in [-0.3, -0.25) is 4.79 Å². The molecule has 0 spiro atoms. The standard InChI is InChI=1S/C20H20ClN3O4/c1-12(2)27-17-8-7-15(9-16(17)21)19-23-20(28-24-19)14-5-3-13(4-6-14)10-22-11-18(25)26/h3-9,12,22H,10-11H2,1-2H3,(H,25,26). The van der Waals surface area contributed by atoms with E-state index in [1.165, 1.54) is 0 Å². The molecule has 0 unspecified atom stereocenters. The van der Waals surface area contributed by atoms with Crippen molar-refractivity contribution in [2.45, 2.75) is 26.5 Å². The highest BCUT2D eigenvalue weighted by atomic mass is 35.5. The van der Waals surface area contributed by atoms with E-state index in [4.69, 9.17) is 26.0 Å². The first-order valence-corrected chi connectivity index (χ1v) is 9.12. The lowest BCUT2D eigenvalue weighted by Gasteiger charge is -2.11. The van der Waals surface area contributed by atoms with Crippen LogP contribution in [0.25, 0.3) is 22.8 Å². The first-order valence-electron chi connectivity index (χ1n) is 8.74. The van der Waals surface area contributed by atoms with E-state index in [-0.39, 0.29) is 12.6 Å². The fourth-order valence-electron chi connectivity index (χ4n) is 2.53. The van der Waals surface area contributed by atoms with Gasteiger partial charge in [0.25, 0.3) is 5.89 Å². The molecule has 1 aromatic heterocycles. The molecule has 0 saturated carbocycles. The number of hydrogen-bond donors (Lipinski definition) is 2. The van der Waals surface area contributed by atoms with Crippen LogP contribution >= 0.6 is 11.6 Å². The Bertz CT molecular complexity index is 954. The van der Waals surface area contributed by atoms with Gasteiger partial charge in [-0.15, -0.1) is 0 Å². The van der Waals surface area contributed by atoms with Crippen molar-refractivity contribution in [1.29, 1.82) is 0 Å². The summed E-state index contributed by atoms with van der Waals surface area (Å²) in [7, 11) is 0. The SMILES string of the molecule is CC(C)Oc1ccc(-c2noc(-c3ccc(CNCC(=O)O)cc3)n2)cc1Cl. The normalized spacial score (nSPS) is 11.0. The second-order valence-electron chi connectivity index (χ2n) is 6.43.